The average Bonchev–Trinajstić information content (AvgIpc) is 2.10. The molecule has 0 spiro atoms. The quantitative estimate of drug-likeness (QED) is 0.705. The summed E-state index contributed by atoms with van der Waals surface area (Å²) in [5.41, 5.74) is 0. The van der Waals surface area contributed by atoms with Crippen molar-refractivity contribution < 1.29 is 20.6 Å². The molecule has 114 valence electrons. The Morgan fingerprint density at radius 2 is 1.16 bits per heavy atom. The summed E-state index contributed by atoms with van der Waals surface area (Å²) in [6, 6.07) is 0.322. The highest BCUT2D eigenvalue weighted by atomic mass is 28.5. The lowest BCUT2D eigenvalue weighted by Gasteiger charge is -2.37. The molecule has 1 aliphatic rings. The third-order valence-corrected chi connectivity index (χ3v) is 19.0. The molecule has 0 aliphatic carbocycles. The van der Waals surface area contributed by atoms with Gasteiger partial charge in [-0.25, -0.2) is 0 Å². The minimum absolute atomic E-state index is 0.322. The number of rotatable bonds is 2. The monoisotopic (exact) mass is 357 g/mol. The van der Waals surface area contributed by atoms with E-state index in [0.29, 0.717) is 6.04 Å². The molecule has 1 fully saturated rings. The van der Waals surface area contributed by atoms with Crippen molar-refractivity contribution in [3.8, 4) is 0 Å². The first-order valence-electron chi connectivity index (χ1n) is 6.80. The number of hydrogen-bond acceptors (Lipinski definition) is 6. The summed E-state index contributed by atoms with van der Waals surface area (Å²) in [7, 11) is -9.08. The molecule has 0 aromatic heterocycles. The highest BCUT2D eigenvalue weighted by Gasteiger charge is 2.39. The van der Waals surface area contributed by atoms with Crippen molar-refractivity contribution in [3.63, 3.8) is 0 Å². The molecule has 1 N–H and O–H groups in total. The van der Waals surface area contributed by atoms with E-state index in [-0.39, 0.29) is 0 Å². The Bertz CT molecular complexity index is 268. The molecule has 1 aliphatic heterocycles. The lowest BCUT2D eigenvalue weighted by molar-refractivity contribution is 0.267. The van der Waals surface area contributed by atoms with E-state index in [0.717, 1.165) is 0 Å². The van der Waals surface area contributed by atoms with E-state index in [1.807, 2.05) is 32.7 Å². The second-order valence-electron chi connectivity index (χ2n) is 5.16. The molecule has 11 heteroatoms. The molecule has 0 aromatic carbocycles. The van der Waals surface area contributed by atoms with Gasteiger partial charge in [-0.1, -0.05) is 13.8 Å². The minimum atomic E-state index is -2.41. The Kier molecular flexibility index (Phi) is 7.29. The molecule has 19 heavy (non-hydrogen) atoms. The van der Waals surface area contributed by atoms with Crippen LogP contribution in [0.1, 0.15) is 13.8 Å². The molecule has 1 rings (SSSR count). The standard InChI is InChI=1S/C8H27NO5Si5/c1-8(2)9-19(7)13-17(5)11-15(3)10-16(4)12-18(6)14-19/h8-9,15-18H,1-7H3. The number of nitrogens with one attached hydrogen (secondary N) is 1. The fourth-order valence-corrected chi connectivity index (χ4v) is 19.2. The van der Waals surface area contributed by atoms with Gasteiger partial charge in [0.25, 0.3) is 18.6 Å². The minimum Gasteiger partial charge on any atom is -0.420 e. The predicted octanol–water partition coefficient (Wildman–Crippen LogP) is 0.0509. The SMILES string of the molecule is CC(C)N[Si]1(C)O[SiH](C)O[SiH](C)O[SiH](C)O[SiH](C)O1. The van der Waals surface area contributed by atoms with Crippen LogP contribution in [0.2, 0.25) is 32.7 Å². The predicted molar refractivity (Wildman–Crippen MR) is 87.4 cm³/mol. The molecule has 0 aromatic rings. The molecule has 4 unspecified atom stereocenters. The van der Waals surface area contributed by atoms with Gasteiger partial charge in [-0.3, -0.25) is 4.98 Å². The lowest BCUT2D eigenvalue weighted by Crippen LogP contribution is -2.62. The van der Waals surface area contributed by atoms with Crippen LogP contribution in [0.5, 0.6) is 0 Å². The summed E-state index contributed by atoms with van der Waals surface area (Å²) < 4.78 is 30.0. The van der Waals surface area contributed by atoms with Crippen LogP contribution >= 0.6 is 0 Å². The first-order valence-corrected chi connectivity index (χ1v) is 17.5. The van der Waals surface area contributed by atoms with E-state index in [1.54, 1.807) is 0 Å². The fraction of sp³-hybridized carbons (Fsp3) is 1.00. The fourth-order valence-electron chi connectivity index (χ4n) is 2.18. The van der Waals surface area contributed by atoms with Gasteiger partial charge in [-0.2, -0.15) is 0 Å². The highest BCUT2D eigenvalue weighted by Crippen LogP contribution is 2.13. The zero-order valence-electron chi connectivity index (χ0n) is 12.9. The van der Waals surface area contributed by atoms with Crippen LogP contribution in [0.4, 0.5) is 0 Å². The molecule has 4 atom stereocenters. The number of hydrogen-bond donors (Lipinski definition) is 1. The topological polar surface area (TPSA) is 58.2 Å². The lowest BCUT2D eigenvalue weighted by atomic mass is 10.4. The van der Waals surface area contributed by atoms with Crippen LogP contribution in [0.25, 0.3) is 0 Å². The zero-order chi connectivity index (χ0) is 14.6. The van der Waals surface area contributed by atoms with Gasteiger partial charge in [0, 0.05) is 0 Å². The van der Waals surface area contributed by atoms with Gasteiger partial charge in [0.1, 0.15) is 0 Å². The Labute approximate surface area is 124 Å². The van der Waals surface area contributed by atoms with Crippen molar-refractivity contribution in [1.29, 1.82) is 0 Å². The largest absolute Gasteiger partial charge is 0.420 e. The maximum atomic E-state index is 6.15. The Morgan fingerprint density at radius 3 is 1.53 bits per heavy atom. The Hall–Kier alpha value is 0.844. The molecule has 0 bridgehead atoms. The summed E-state index contributed by atoms with van der Waals surface area (Å²) in [5.74, 6) is 0. The van der Waals surface area contributed by atoms with Gasteiger partial charge in [0.15, 0.2) is 0 Å². The first kappa shape index (κ1) is 17.9. The second kappa shape index (κ2) is 7.74. The van der Waals surface area contributed by atoms with Gasteiger partial charge < -0.3 is 20.6 Å². The van der Waals surface area contributed by atoms with Crippen molar-refractivity contribution in [3.05, 3.63) is 0 Å². The molecule has 0 amide bonds. The Balaban J connectivity index is 2.79. The van der Waals surface area contributed by atoms with Crippen molar-refractivity contribution in [1.82, 2.24) is 4.98 Å². The average molecular weight is 358 g/mol. The first-order chi connectivity index (χ1) is 8.70. The van der Waals surface area contributed by atoms with Crippen LogP contribution in [0.15, 0.2) is 0 Å². The van der Waals surface area contributed by atoms with Crippen LogP contribution < -0.4 is 4.98 Å². The van der Waals surface area contributed by atoms with Gasteiger partial charge >= 0.3 is 27.3 Å². The van der Waals surface area contributed by atoms with Crippen molar-refractivity contribution in [2.24, 2.45) is 0 Å². The van der Waals surface area contributed by atoms with Gasteiger partial charge in [0.05, 0.1) is 0 Å². The van der Waals surface area contributed by atoms with E-state index >= 15 is 0 Å². The summed E-state index contributed by atoms with van der Waals surface area (Å²) in [6.45, 7) is 14.4. The summed E-state index contributed by atoms with van der Waals surface area (Å²) in [4.78, 5) is 3.46. The summed E-state index contributed by atoms with van der Waals surface area (Å²) >= 11 is 0. The van der Waals surface area contributed by atoms with Crippen LogP contribution in [0.3, 0.4) is 0 Å². The highest BCUT2D eigenvalue weighted by molar-refractivity contribution is 6.79. The maximum absolute atomic E-state index is 6.15. The van der Waals surface area contributed by atoms with Crippen LogP contribution in [0, 0.1) is 0 Å². The van der Waals surface area contributed by atoms with Crippen LogP contribution in [-0.2, 0) is 20.6 Å². The van der Waals surface area contributed by atoms with Crippen molar-refractivity contribution in [2.75, 3.05) is 0 Å². The van der Waals surface area contributed by atoms with Crippen LogP contribution in [-0.4, -0.2) is 51.9 Å². The van der Waals surface area contributed by atoms with Crippen molar-refractivity contribution >= 4 is 45.9 Å². The molecule has 1 saturated heterocycles. The Morgan fingerprint density at radius 1 is 0.789 bits per heavy atom. The maximum Gasteiger partial charge on any atom is 0.403 e. The molecule has 6 nitrogen and oxygen atoms in total. The van der Waals surface area contributed by atoms with E-state index in [1.165, 1.54) is 0 Å². The van der Waals surface area contributed by atoms with Crippen molar-refractivity contribution in [2.45, 2.75) is 52.6 Å². The van der Waals surface area contributed by atoms with E-state index in [9.17, 15) is 0 Å². The van der Waals surface area contributed by atoms with Gasteiger partial charge in [-0.05, 0) is 38.8 Å². The van der Waals surface area contributed by atoms with E-state index in [4.69, 9.17) is 20.6 Å². The normalized spacial score (nSPS) is 42.3. The van der Waals surface area contributed by atoms with Gasteiger partial charge in [-0.15, -0.1) is 0 Å². The molecule has 0 radical (unpaired) electrons. The smallest absolute Gasteiger partial charge is 0.403 e. The summed E-state index contributed by atoms with van der Waals surface area (Å²) in [5, 5.41) is 0. The zero-order valence-corrected chi connectivity index (χ0v) is 18.5. The molecule has 0 saturated carbocycles. The molecule has 1 heterocycles. The third kappa shape index (κ3) is 6.90. The molecular formula is C8H27NO5Si5. The van der Waals surface area contributed by atoms with E-state index in [2.05, 4.69) is 18.8 Å². The summed E-state index contributed by atoms with van der Waals surface area (Å²) in [6.07, 6.45) is 0. The third-order valence-electron chi connectivity index (χ3n) is 2.48. The second-order valence-corrected chi connectivity index (χ2v) is 17.0. The van der Waals surface area contributed by atoms with Gasteiger partial charge in [0.2, 0.25) is 0 Å². The molecular weight excluding hydrogens is 331 g/mol. The van der Waals surface area contributed by atoms with E-state index < -0.39 is 45.9 Å².